The molecule has 0 bridgehead atoms. The van der Waals surface area contributed by atoms with Gasteiger partial charge in [-0.2, -0.15) is 0 Å². The van der Waals surface area contributed by atoms with Gasteiger partial charge in [0.1, 0.15) is 0 Å². The average molecular weight is 202 g/mol. The Morgan fingerprint density at radius 3 is 2.33 bits per heavy atom. The van der Waals surface area contributed by atoms with Gasteiger partial charge in [0.15, 0.2) is 0 Å². The van der Waals surface area contributed by atoms with Crippen molar-refractivity contribution in [1.82, 2.24) is 0 Å². The summed E-state index contributed by atoms with van der Waals surface area (Å²) in [5.74, 6) is 0.621. The second-order valence-corrected chi connectivity index (χ2v) is 5.21. The van der Waals surface area contributed by atoms with Gasteiger partial charge in [-0.1, -0.05) is 46.1 Å². The molecule has 0 spiro atoms. The number of allylic oxidation sites excluding steroid dienone is 4. The van der Waals surface area contributed by atoms with Crippen LogP contribution in [0.4, 0.5) is 0 Å². The fourth-order valence-electron chi connectivity index (χ4n) is 1.75. The van der Waals surface area contributed by atoms with Crippen molar-refractivity contribution < 1.29 is 0 Å². The first-order valence-corrected chi connectivity index (χ1v) is 5.83. The minimum Gasteiger partial charge on any atom is -0.0667 e. The van der Waals surface area contributed by atoms with Crippen molar-refractivity contribution in [3.63, 3.8) is 0 Å². The summed E-state index contributed by atoms with van der Waals surface area (Å²) in [6.07, 6.45) is 3.33. The number of hydrogen-bond acceptors (Lipinski definition) is 0. The fourth-order valence-corrected chi connectivity index (χ4v) is 1.75. The molecule has 0 saturated carbocycles. The van der Waals surface area contributed by atoms with E-state index >= 15 is 0 Å². The lowest BCUT2D eigenvalue weighted by molar-refractivity contribution is 0.313. The quantitative estimate of drug-likeness (QED) is 0.585. The lowest BCUT2D eigenvalue weighted by Crippen LogP contribution is -2.23. The summed E-state index contributed by atoms with van der Waals surface area (Å²) in [5, 5.41) is 0. The summed E-state index contributed by atoms with van der Waals surface area (Å²) in [7, 11) is 0. The van der Waals surface area contributed by atoms with E-state index in [1.54, 1.807) is 0 Å². The van der Waals surface area contributed by atoms with E-state index in [9.17, 15) is 0 Å². The Kier molecular flexibility index (Phi) is 3.45. The molecule has 1 aliphatic rings. The third-order valence-corrected chi connectivity index (χ3v) is 3.57. The van der Waals surface area contributed by atoms with E-state index in [4.69, 9.17) is 0 Å². The van der Waals surface area contributed by atoms with Crippen LogP contribution in [0.3, 0.4) is 0 Å². The van der Waals surface area contributed by atoms with Gasteiger partial charge in [-0.3, -0.25) is 0 Å². The van der Waals surface area contributed by atoms with Crippen molar-refractivity contribution in [1.29, 1.82) is 0 Å². The summed E-state index contributed by atoms with van der Waals surface area (Å²) < 4.78 is 0. The summed E-state index contributed by atoms with van der Waals surface area (Å²) in [6, 6.07) is 0. The first-order valence-electron chi connectivity index (χ1n) is 5.83. The topological polar surface area (TPSA) is 0 Å². The van der Waals surface area contributed by atoms with E-state index in [0.717, 1.165) is 6.42 Å². The predicted octanol–water partition coefficient (Wildman–Crippen LogP) is 4.65. The maximum atomic E-state index is 3.35. The van der Waals surface area contributed by atoms with E-state index in [-0.39, 0.29) is 5.41 Å². The van der Waals surface area contributed by atoms with E-state index in [2.05, 4.69) is 59.1 Å². The Balaban J connectivity index is 3.26. The van der Waals surface area contributed by atoms with Crippen LogP contribution in [0, 0.1) is 11.3 Å². The van der Waals surface area contributed by atoms with Gasteiger partial charge in [0.2, 0.25) is 0 Å². The first-order chi connectivity index (χ1) is 6.89. The lowest BCUT2D eigenvalue weighted by Gasteiger charge is -2.32. The SMILES string of the molecule is CCC1=CC(C)=C=C=C1C(C)(C)C(C)C. The summed E-state index contributed by atoms with van der Waals surface area (Å²) in [5.41, 5.74) is 10.7. The van der Waals surface area contributed by atoms with E-state index < -0.39 is 0 Å². The molecule has 0 unspecified atom stereocenters. The highest BCUT2D eigenvalue weighted by molar-refractivity contribution is 5.43. The third kappa shape index (κ3) is 2.34. The second-order valence-electron chi connectivity index (χ2n) is 5.21. The van der Waals surface area contributed by atoms with Gasteiger partial charge in [-0.25, -0.2) is 0 Å². The zero-order chi connectivity index (χ0) is 11.6. The molecule has 0 atom stereocenters. The van der Waals surface area contributed by atoms with Crippen molar-refractivity contribution in [3.05, 3.63) is 34.3 Å². The monoisotopic (exact) mass is 202 g/mol. The molecule has 0 aliphatic heterocycles. The molecule has 1 aliphatic carbocycles. The molecule has 0 amide bonds. The third-order valence-electron chi connectivity index (χ3n) is 3.57. The van der Waals surface area contributed by atoms with Crippen LogP contribution in [0.1, 0.15) is 48.0 Å². The molecule has 0 aromatic rings. The van der Waals surface area contributed by atoms with E-state index in [0.29, 0.717) is 5.92 Å². The van der Waals surface area contributed by atoms with Crippen LogP contribution in [-0.2, 0) is 0 Å². The summed E-state index contributed by atoms with van der Waals surface area (Å²) in [6.45, 7) is 13.4. The highest BCUT2D eigenvalue weighted by Gasteiger charge is 2.29. The van der Waals surface area contributed by atoms with Gasteiger partial charge < -0.3 is 0 Å². The molecule has 0 aromatic carbocycles. The first kappa shape index (κ1) is 12.1. The highest BCUT2D eigenvalue weighted by Crippen LogP contribution is 2.40. The Morgan fingerprint density at radius 1 is 1.27 bits per heavy atom. The van der Waals surface area contributed by atoms with Crippen LogP contribution in [0.15, 0.2) is 34.3 Å². The van der Waals surface area contributed by atoms with Crippen LogP contribution in [-0.4, -0.2) is 0 Å². The van der Waals surface area contributed by atoms with E-state index in [1.165, 1.54) is 16.7 Å². The van der Waals surface area contributed by atoms with Crippen LogP contribution < -0.4 is 0 Å². The maximum absolute atomic E-state index is 3.35. The molecule has 0 nitrogen and oxygen atoms in total. The maximum Gasteiger partial charge on any atom is 0.0115 e. The molecular formula is C15H22. The molecule has 0 heterocycles. The van der Waals surface area contributed by atoms with Crippen molar-refractivity contribution in [2.75, 3.05) is 0 Å². The van der Waals surface area contributed by atoms with Gasteiger partial charge in [-0.15, -0.1) is 0 Å². The summed E-state index contributed by atoms with van der Waals surface area (Å²) in [4.78, 5) is 0. The van der Waals surface area contributed by atoms with Gasteiger partial charge in [-0.05, 0) is 36.5 Å². The lowest BCUT2D eigenvalue weighted by atomic mass is 9.71. The Morgan fingerprint density at radius 2 is 1.87 bits per heavy atom. The van der Waals surface area contributed by atoms with Gasteiger partial charge in [0, 0.05) is 11.0 Å². The average Bonchev–Trinajstić information content (AvgIpc) is 2.16. The fraction of sp³-hybridized carbons (Fsp3) is 0.600. The molecule has 1 rings (SSSR count). The number of hydrogen-bond donors (Lipinski definition) is 0. The van der Waals surface area contributed by atoms with Crippen molar-refractivity contribution in [3.8, 4) is 0 Å². The smallest absolute Gasteiger partial charge is 0.0115 e. The minimum atomic E-state index is 0.190. The zero-order valence-electron chi connectivity index (χ0n) is 10.9. The van der Waals surface area contributed by atoms with Gasteiger partial charge in [0.05, 0.1) is 0 Å². The van der Waals surface area contributed by atoms with E-state index in [1.807, 2.05) is 0 Å². The van der Waals surface area contributed by atoms with Crippen LogP contribution in [0.25, 0.3) is 0 Å². The molecule has 82 valence electrons. The van der Waals surface area contributed by atoms with Crippen LogP contribution >= 0.6 is 0 Å². The van der Waals surface area contributed by atoms with Gasteiger partial charge in [0.25, 0.3) is 0 Å². The molecular weight excluding hydrogens is 180 g/mol. The molecule has 0 radical (unpaired) electrons. The Labute approximate surface area is 94.1 Å². The normalized spacial score (nSPS) is 16.3. The Hall–Kier alpha value is -0.960. The minimum absolute atomic E-state index is 0.190. The largest absolute Gasteiger partial charge is 0.0667 e. The highest BCUT2D eigenvalue weighted by atomic mass is 14.3. The molecule has 0 aromatic heterocycles. The molecule has 0 fully saturated rings. The number of rotatable bonds is 3. The molecule has 15 heavy (non-hydrogen) atoms. The Bertz CT molecular complexity index is 376. The standard InChI is InChI=1S/C15H22/c1-7-13-10-12(4)8-9-14(13)15(5,6)11(2)3/h10-11H,7H2,1-6H3. The van der Waals surface area contributed by atoms with Crippen molar-refractivity contribution in [2.45, 2.75) is 48.0 Å². The zero-order valence-corrected chi connectivity index (χ0v) is 10.9. The van der Waals surface area contributed by atoms with Gasteiger partial charge >= 0.3 is 0 Å². The predicted molar refractivity (Wildman–Crippen MR) is 66.7 cm³/mol. The second kappa shape index (κ2) is 4.27. The van der Waals surface area contributed by atoms with Crippen molar-refractivity contribution >= 4 is 0 Å². The van der Waals surface area contributed by atoms with Crippen LogP contribution in [0.2, 0.25) is 0 Å². The molecule has 0 N–H and O–H groups in total. The van der Waals surface area contributed by atoms with Crippen LogP contribution in [0.5, 0.6) is 0 Å². The molecule has 0 saturated heterocycles. The summed E-state index contributed by atoms with van der Waals surface area (Å²) >= 11 is 0. The molecule has 0 heteroatoms. The van der Waals surface area contributed by atoms with Crippen molar-refractivity contribution in [2.24, 2.45) is 11.3 Å².